The van der Waals surface area contributed by atoms with Crippen molar-refractivity contribution in [1.29, 1.82) is 0 Å². The summed E-state index contributed by atoms with van der Waals surface area (Å²) in [4.78, 5) is 14.6. The Bertz CT molecular complexity index is 636. The monoisotopic (exact) mass is 338 g/mol. The van der Waals surface area contributed by atoms with Crippen LogP contribution < -0.4 is 16.0 Å². The molecule has 0 unspecified atom stereocenters. The number of nitrogens with zero attached hydrogens (tertiary/aromatic N) is 2. The molecule has 0 atom stereocenters. The first-order valence-corrected chi connectivity index (χ1v) is 6.38. The molecular weight excluding hydrogens is 328 g/mol. The number of anilines is 1. The zero-order valence-electron chi connectivity index (χ0n) is 10.2. The van der Waals surface area contributed by atoms with Crippen molar-refractivity contribution >= 4 is 27.3 Å². The Morgan fingerprint density at radius 2 is 2.25 bits per heavy atom. The highest BCUT2D eigenvalue weighted by Gasteiger charge is 2.18. The van der Waals surface area contributed by atoms with E-state index in [1.54, 1.807) is 30.5 Å². The third-order valence-corrected chi connectivity index (χ3v) is 3.11. The number of nitrogens with one attached hydrogen (secondary N) is 1. The number of nitro benzene ring substituents is 1. The number of pyridine rings is 1. The Hall–Kier alpha value is -2.19. The average Bonchev–Trinajstić information content (AvgIpc) is 2.45. The van der Waals surface area contributed by atoms with Gasteiger partial charge in [0.05, 0.1) is 20.8 Å². The van der Waals surface area contributed by atoms with E-state index in [2.05, 4.69) is 26.3 Å². The minimum Gasteiger partial charge on any atom is -0.480 e. The fraction of sp³-hybridized carbons (Fsp3) is 0.0833. The highest BCUT2D eigenvalue weighted by molar-refractivity contribution is 9.10. The molecule has 3 N–H and O–H groups in total. The van der Waals surface area contributed by atoms with Gasteiger partial charge in [-0.3, -0.25) is 20.9 Å². The maximum Gasteiger partial charge on any atom is 0.312 e. The molecule has 0 fully saturated rings. The number of rotatable bonds is 5. The van der Waals surface area contributed by atoms with Crippen LogP contribution in [0, 0.1) is 10.1 Å². The van der Waals surface area contributed by atoms with Crippen LogP contribution in [0.4, 0.5) is 11.4 Å². The van der Waals surface area contributed by atoms with Crippen molar-refractivity contribution in [3.63, 3.8) is 0 Å². The summed E-state index contributed by atoms with van der Waals surface area (Å²) in [5.74, 6) is 5.47. The molecule has 7 nitrogen and oxygen atoms in total. The Morgan fingerprint density at radius 3 is 2.95 bits per heavy atom. The first kappa shape index (κ1) is 14.2. The maximum absolute atomic E-state index is 10.9. The molecule has 104 valence electrons. The second-order valence-electron chi connectivity index (χ2n) is 3.81. The molecule has 0 aliphatic heterocycles. The van der Waals surface area contributed by atoms with Gasteiger partial charge in [0.1, 0.15) is 6.61 Å². The van der Waals surface area contributed by atoms with E-state index in [0.29, 0.717) is 15.9 Å². The van der Waals surface area contributed by atoms with Crippen LogP contribution in [-0.4, -0.2) is 9.91 Å². The molecule has 20 heavy (non-hydrogen) atoms. The number of ether oxygens (including phenoxy) is 1. The van der Waals surface area contributed by atoms with Crippen molar-refractivity contribution in [1.82, 2.24) is 4.98 Å². The highest BCUT2D eigenvalue weighted by Crippen LogP contribution is 2.35. The molecule has 0 radical (unpaired) electrons. The number of benzene rings is 1. The van der Waals surface area contributed by atoms with E-state index in [1.165, 1.54) is 6.07 Å². The van der Waals surface area contributed by atoms with E-state index < -0.39 is 4.92 Å². The highest BCUT2D eigenvalue weighted by atomic mass is 79.9. The van der Waals surface area contributed by atoms with Gasteiger partial charge >= 0.3 is 5.69 Å². The SMILES string of the molecule is NNc1ccnc(COc2c(Br)cccc2[N+](=O)[O-])c1. The van der Waals surface area contributed by atoms with Crippen molar-refractivity contribution in [2.24, 2.45) is 5.84 Å². The van der Waals surface area contributed by atoms with Crippen LogP contribution in [0.3, 0.4) is 0 Å². The number of nitro groups is 1. The number of aromatic nitrogens is 1. The van der Waals surface area contributed by atoms with Crippen molar-refractivity contribution in [2.45, 2.75) is 6.61 Å². The predicted molar refractivity (Wildman–Crippen MR) is 77.2 cm³/mol. The molecule has 2 aromatic rings. The Balaban J connectivity index is 2.20. The van der Waals surface area contributed by atoms with Crippen LogP contribution in [0.15, 0.2) is 41.0 Å². The summed E-state index contributed by atoms with van der Waals surface area (Å²) in [6.07, 6.45) is 1.57. The lowest BCUT2D eigenvalue weighted by molar-refractivity contribution is -0.386. The minimum atomic E-state index is -0.495. The van der Waals surface area contributed by atoms with E-state index in [1.807, 2.05) is 0 Å². The summed E-state index contributed by atoms with van der Waals surface area (Å²) >= 11 is 3.23. The standard InChI is InChI=1S/C12H11BrN4O3/c13-10-2-1-3-11(17(18)19)12(10)20-7-9-6-8(16-14)4-5-15-9/h1-6H,7,14H2,(H,15,16). The van der Waals surface area contributed by atoms with E-state index in [0.717, 1.165) is 0 Å². The van der Waals surface area contributed by atoms with Crippen molar-refractivity contribution in [2.75, 3.05) is 5.43 Å². The van der Waals surface area contributed by atoms with Gasteiger partial charge in [-0.25, -0.2) is 0 Å². The number of para-hydroxylation sites is 1. The van der Waals surface area contributed by atoms with Crippen LogP contribution in [0.1, 0.15) is 5.69 Å². The number of hydrogen-bond acceptors (Lipinski definition) is 6. The summed E-state index contributed by atoms with van der Waals surface area (Å²) < 4.78 is 6.01. The second kappa shape index (κ2) is 6.31. The summed E-state index contributed by atoms with van der Waals surface area (Å²) in [6.45, 7) is 0.0962. The van der Waals surface area contributed by atoms with Gasteiger partial charge in [-0.1, -0.05) is 6.07 Å². The van der Waals surface area contributed by atoms with Crippen molar-refractivity contribution in [3.8, 4) is 5.75 Å². The quantitative estimate of drug-likeness (QED) is 0.493. The fourth-order valence-electron chi connectivity index (χ4n) is 1.58. The minimum absolute atomic E-state index is 0.0962. The molecule has 0 aliphatic rings. The van der Waals surface area contributed by atoms with Gasteiger partial charge in [0, 0.05) is 12.3 Å². The molecule has 1 heterocycles. The molecular formula is C12H11BrN4O3. The summed E-state index contributed by atoms with van der Waals surface area (Å²) in [6, 6.07) is 8.03. The van der Waals surface area contributed by atoms with Gasteiger partial charge in [0.15, 0.2) is 0 Å². The predicted octanol–water partition coefficient (Wildman–Crippen LogP) is 2.62. The van der Waals surface area contributed by atoms with Crippen LogP contribution in [-0.2, 0) is 6.61 Å². The number of hydrazine groups is 1. The normalized spacial score (nSPS) is 10.1. The van der Waals surface area contributed by atoms with Crippen LogP contribution in [0.25, 0.3) is 0 Å². The number of nitrogens with two attached hydrogens (primary N) is 1. The van der Waals surface area contributed by atoms with Gasteiger partial charge in [-0.2, -0.15) is 0 Å². The lowest BCUT2D eigenvalue weighted by Crippen LogP contribution is -2.08. The smallest absolute Gasteiger partial charge is 0.312 e. The van der Waals surface area contributed by atoms with E-state index in [9.17, 15) is 10.1 Å². The summed E-state index contributed by atoms with van der Waals surface area (Å²) in [5, 5.41) is 10.9. The zero-order valence-corrected chi connectivity index (χ0v) is 11.8. The van der Waals surface area contributed by atoms with Gasteiger partial charge < -0.3 is 10.2 Å². The number of hydrogen-bond donors (Lipinski definition) is 2. The zero-order chi connectivity index (χ0) is 14.5. The van der Waals surface area contributed by atoms with E-state index >= 15 is 0 Å². The fourth-order valence-corrected chi connectivity index (χ4v) is 2.05. The molecule has 0 saturated carbocycles. The lowest BCUT2D eigenvalue weighted by Gasteiger charge is -2.09. The molecule has 0 bridgehead atoms. The van der Waals surface area contributed by atoms with Crippen LogP contribution >= 0.6 is 15.9 Å². The Morgan fingerprint density at radius 1 is 1.45 bits per heavy atom. The topological polar surface area (TPSA) is 103 Å². The lowest BCUT2D eigenvalue weighted by atomic mass is 10.3. The van der Waals surface area contributed by atoms with Crippen molar-refractivity contribution < 1.29 is 9.66 Å². The van der Waals surface area contributed by atoms with Crippen LogP contribution in [0.2, 0.25) is 0 Å². The first-order valence-electron chi connectivity index (χ1n) is 5.59. The van der Waals surface area contributed by atoms with E-state index in [-0.39, 0.29) is 18.0 Å². The van der Waals surface area contributed by atoms with Gasteiger partial charge in [-0.15, -0.1) is 0 Å². The van der Waals surface area contributed by atoms with Gasteiger partial charge in [0.25, 0.3) is 0 Å². The van der Waals surface area contributed by atoms with E-state index in [4.69, 9.17) is 10.6 Å². The largest absolute Gasteiger partial charge is 0.480 e. The molecule has 0 saturated heterocycles. The molecule has 2 rings (SSSR count). The molecule has 8 heteroatoms. The number of halogens is 1. The van der Waals surface area contributed by atoms with Crippen LogP contribution in [0.5, 0.6) is 5.75 Å². The summed E-state index contributed by atoms with van der Waals surface area (Å²) in [5.41, 5.74) is 3.67. The van der Waals surface area contributed by atoms with Gasteiger partial charge in [-0.05, 0) is 34.1 Å². The molecule has 1 aromatic heterocycles. The third-order valence-electron chi connectivity index (χ3n) is 2.49. The number of nitrogen functional groups attached to an aromatic ring is 1. The Labute approximate surface area is 123 Å². The average molecular weight is 339 g/mol. The molecule has 0 spiro atoms. The maximum atomic E-state index is 10.9. The van der Waals surface area contributed by atoms with Crippen molar-refractivity contribution in [3.05, 3.63) is 56.8 Å². The third kappa shape index (κ3) is 3.22. The molecule has 0 aliphatic carbocycles. The summed E-state index contributed by atoms with van der Waals surface area (Å²) in [7, 11) is 0. The molecule has 0 amide bonds. The molecule has 1 aromatic carbocycles. The van der Waals surface area contributed by atoms with Gasteiger partial charge in [0.2, 0.25) is 5.75 Å². The Kier molecular flexibility index (Phi) is 4.49. The second-order valence-corrected chi connectivity index (χ2v) is 4.67. The first-order chi connectivity index (χ1) is 9.61.